The molecule has 0 heterocycles. The maximum absolute atomic E-state index is 11.1. The van der Waals surface area contributed by atoms with Crippen molar-refractivity contribution in [2.45, 2.75) is 25.3 Å². The number of rotatable bonds is 8. The molecule has 0 saturated heterocycles. The maximum atomic E-state index is 11.1. The van der Waals surface area contributed by atoms with Crippen LogP contribution in [0.3, 0.4) is 0 Å². The zero-order valence-electron chi connectivity index (χ0n) is 9.15. The smallest absolute Gasteiger partial charge is 0.408 e. The molecule has 0 aliphatic heterocycles. The maximum Gasteiger partial charge on any atom is 0.408 e. The van der Waals surface area contributed by atoms with Crippen molar-refractivity contribution in [3.63, 3.8) is 0 Å². The van der Waals surface area contributed by atoms with Crippen LogP contribution in [-0.2, 0) is 9.53 Å². The molecule has 1 atom stereocenters. The molecule has 2 N–H and O–H groups in total. The average Bonchev–Trinajstić information content (AvgIpc) is 2.25. The molecule has 0 aromatic heterocycles. The molecule has 5 heteroatoms. The molecule has 5 nitrogen and oxygen atoms in total. The topological polar surface area (TPSA) is 75.6 Å². The van der Waals surface area contributed by atoms with Gasteiger partial charge in [0.05, 0.1) is 0 Å². The lowest BCUT2D eigenvalue weighted by Crippen LogP contribution is -2.41. The van der Waals surface area contributed by atoms with Crippen molar-refractivity contribution in [2.24, 2.45) is 0 Å². The highest BCUT2D eigenvalue weighted by atomic mass is 16.5. The number of aliphatic carboxylic acids is 1. The van der Waals surface area contributed by atoms with Crippen molar-refractivity contribution in [1.82, 2.24) is 5.32 Å². The fourth-order valence-corrected chi connectivity index (χ4v) is 1.04. The van der Waals surface area contributed by atoms with E-state index in [0.29, 0.717) is 19.3 Å². The van der Waals surface area contributed by atoms with Crippen LogP contribution in [0.5, 0.6) is 0 Å². The van der Waals surface area contributed by atoms with Gasteiger partial charge in [-0.3, -0.25) is 0 Å². The van der Waals surface area contributed by atoms with Gasteiger partial charge in [-0.15, -0.1) is 6.58 Å². The Morgan fingerprint density at radius 3 is 2.56 bits per heavy atom. The van der Waals surface area contributed by atoms with E-state index < -0.39 is 18.1 Å². The van der Waals surface area contributed by atoms with E-state index in [9.17, 15) is 9.59 Å². The summed E-state index contributed by atoms with van der Waals surface area (Å²) >= 11 is 0. The highest BCUT2D eigenvalue weighted by Crippen LogP contribution is 2.02. The SMILES string of the molecule is C=CCCCC(NC(=O)OCC=C)C(=O)O. The molecule has 0 fully saturated rings. The number of hydrogen-bond acceptors (Lipinski definition) is 3. The summed E-state index contributed by atoms with van der Waals surface area (Å²) in [6, 6.07) is -0.919. The van der Waals surface area contributed by atoms with E-state index in [-0.39, 0.29) is 6.61 Å². The van der Waals surface area contributed by atoms with E-state index >= 15 is 0 Å². The lowest BCUT2D eigenvalue weighted by Gasteiger charge is -2.13. The normalized spacial score (nSPS) is 11.2. The highest BCUT2D eigenvalue weighted by Gasteiger charge is 2.19. The molecule has 0 aromatic rings. The van der Waals surface area contributed by atoms with Gasteiger partial charge < -0.3 is 15.2 Å². The van der Waals surface area contributed by atoms with Crippen LogP contribution in [0.4, 0.5) is 4.79 Å². The fraction of sp³-hybridized carbons (Fsp3) is 0.455. The van der Waals surface area contributed by atoms with Gasteiger partial charge in [0, 0.05) is 0 Å². The summed E-state index contributed by atoms with van der Waals surface area (Å²) in [5, 5.41) is 11.1. The minimum atomic E-state index is -1.07. The first-order valence-electron chi connectivity index (χ1n) is 4.99. The number of allylic oxidation sites excluding steroid dienone is 1. The molecule has 0 rings (SSSR count). The number of carboxylic acids is 1. The predicted octanol–water partition coefficient (Wildman–Crippen LogP) is 1.71. The van der Waals surface area contributed by atoms with Crippen molar-refractivity contribution in [3.8, 4) is 0 Å². The molecule has 1 amide bonds. The predicted molar refractivity (Wildman–Crippen MR) is 60.2 cm³/mol. The summed E-state index contributed by atoms with van der Waals surface area (Å²) in [6.07, 6.45) is 4.09. The standard InChI is InChI=1S/C11H17NO4/c1-3-5-6-7-9(10(13)14)12-11(15)16-8-4-2/h3-4,9H,1-2,5-8H2,(H,12,15)(H,13,14). The first-order chi connectivity index (χ1) is 7.61. The van der Waals surface area contributed by atoms with Crippen molar-refractivity contribution in [3.05, 3.63) is 25.3 Å². The van der Waals surface area contributed by atoms with E-state index in [1.54, 1.807) is 6.08 Å². The largest absolute Gasteiger partial charge is 0.480 e. The molecule has 16 heavy (non-hydrogen) atoms. The Bertz CT molecular complexity index is 263. The monoisotopic (exact) mass is 227 g/mol. The van der Waals surface area contributed by atoms with Gasteiger partial charge in [-0.2, -0.15) is 0 Å². The minimum Gasteiger partial charge on any atom is -0.480 e. The molecule has 1 unspecified atom stereocenters. The number of hydrogen-bond donors (Lipinski definition) is 2. The zero-order chi connectivity index (χ0) is 12.4. The molecule has 0 aliphatic rings. The van der Waals surface area contributed by atoms with Crippen molar-refractivity contribution in [1.29, 1.82) is 0 Å². The number of nitrogens with one attached hydrogen (secondary N) is 1. The van der Waals surface area contributed by atoms with Crippen LogP contribution in [0, 0.1) is 0 Å². The van der Waals surface area contributed by atoms with E-state index in [1.807, 2.05) is 0 Å². The second-order valence-electron chi connectivity index (χ2n) is 3.14. The number of alkyl carbamates (subject to hydrolysis) is 1. The second-order valence-corrected chi connectivity index (χ2v) is 3.14. The molecule has 0 bridgehead atoms. The van der Waals surface area contributed by atoms with E-state index in [0.717, 1.165) is 0 Å². The van der Waals surface area contributed by atoms with Gasteiger partial charge in [0.25, 0.3) is 0 Å². The van der Waals surface area contributed by atoms with Gasteiger partial charge >= 0.3 is 12.1 Å². The van der Waals surface area contributed by atoms with Gasteiger partial charge in [0.15, 0.2) is 0 Å². The summed E-state index contributed by atoms with van der Waals surface area (Å²) in [5.74, 6) is -1.07. The number of amides is 1. The lowest BCUT2D eigenvalue weighted by molar-refractivity contribution is -0.139. The summed E-state index contributed by atoms with van der Waals surface area (Å²) in [6.45, 7) is 6.97. The summed E-state index contributed by atoms with van der Waals surface area (Å²) in [7, 11) is 0. The average molecular weight is 227 g/mol. The molecule has 0 radical (unpaired) electrons. The molecule has 0 aliphatic carbocycles. The minimum absolute atomic E-state index is 0.0603. The van der Waals surface area contributed by atoms with Gasteiger partial charge in [0.1, 0.15) is 12.6 Å². The molecule has 0 saturated carbocycles. The van der Waals surface area contributed by atoms with E-state index in [2.05, 4.69) is 23.2 Å². The molecule has 0 spiro atoms. The van der Waals surface area contributed by atoms with Gasteiger partial charge in [-0.05, 0) is 19.3 Å². The van der Waals surface area contributed by atoms with Crippen LogP contribution in [0.25, 0.3) is 0 Å². The number of carbonyl (C=O) groups excluding carboxylic acids is 1. The first kappa shape index (κ1) is 14.2. The summed E-state index contributed by atoms with van der Waals surface area (Å²) in [5.41, 5.74) is 0. The third-order valence-corrected chi connectivity index (χ3v) is 1.82. The van der Waals surface area contributed by atoms with E-state index in [1.165, 1.54) is 6.08 Å². The summed E-state index contributed by atoms with van der Waals surface area (Å²) in [4.78, 5) is 21.9. The van der Waals surface area contributed by atoms with Crippen molar-refractivity contribution < 1.29 is 19.4 Å². The highest BCUT2D eigenvalue weighted by molar-refractivity contribution is 5.79. The third-order valence-electron chi connectivity index (χ3n) is 1.82. The number of unbranched alkanes of at least 4 members (excludes halogenated alkanes) is 1. The molecule has 0 aromatic carbocycles. The van der Waals surface area contributed by atoms with Crippen LogP contribution in [-0.4, -0.2) is 29.8 Å². The van der Waals surface area contributed by atoms with Crippen LogP contribution in [0.2, 0.25) is 0 Å². The van der Waals surface area contributed by atoms with Crippen LogP contribution < -0.4 is 5.32 Å². The lowest BCUT2D eigenvalue weighted by atomic mass is 10.1. The summed E-state index contributed by atoms with van der Waals surface area (Å²) < 4.78 is 4.63. The van der Waals surface area contributed by atoms with Gasteiger partial charge in [-0.25, -0.2) is 9.59 Å². The first-order valence-corrected chi connectivity index (χ1v) is 4.99. The Morgan fingerprint density at radius 2 is 2.06 bits per heavy atom. The zero-order valence-corrected chi connectivity index (χ0v) is 9.15. The number of carboxylic acid groups (broad SMARTS) is 1. The Balaban J connectivity index is 4.01. The quantitative estimate of drug-likeness (QED) is 0.489. The Kier molecular flexibility index (Phi) is 7.57. The van der Waals surface area contributed by atoms with Crippen LogP contribution in [0.15, 0.2) is 25.3 Å². The van der Waals surface area contributed by atoms with Gasteiger partial charge in [0.2, 0.25) is 0 Å². The van der Waals surface area contributed by atoms with Gasteiger partial charge in [-0.1, -0.05) is 18.7 Å². The molecule has 90 valence electrons. The number of carbonyl (C=O) groups is 2. The van der Waals surface area contributed by atoms with E-state index in [4.69, 9.17) is 5.11 Å². The molecular formula is C11H17NO4. The fourth-order valence-electron chi connectivity index (χ4n) is 1.04. The van der Waals surface area contributed by atoms with Crippen LogP contribution >= 0.6 is 0 Å². The Hall–Kier alpha value is -1.78. The van der Waals surface area contributed by atoms with Crippen LogP contribution in [0.1, 0.15) is 19.3 Å². The Morgan fingerprint density at radius 1 is 1.38 bits per heavy atom. The second kappa shape index (κ2) is 8.52. The number of ether oxygens (including phenoxy) is 1. The van der Waals surface area contributed by atoms with Crippen molar-refractivity contribution >= 4 is 12.1 Å². The Labute approximate surface area is 94.8 Å². The molecular weight excluding hydrogens is 210 g/mol. The van der Waals surface area contributed by atoms with Crippen molar-refractivity contribution in [2.75, 3.05) is 6.61 Å². The third kappa shape index (κ3) is 6.64.